The lowest BCUT2D eigenvalue weighted by molar-refractivity contribution is 0.400. The zero-order valence-electron chi connectivity index (χ0n) is 15.8. The Morgan fingerprint density at radius 1 is 1.26 bits per heavy atom. The van der Waals surface area contributed by atoms with E-state index >= 15 is 0 Å². The molecule has 1 N–H and O–H groups in total. The van der Waals surface area contributed by atoms with Crippen molar-refractivity contribution in [2.75, 3.05) is 20.2 Å². The van der Waals surface area contributed by atoms with E-state index in [1.807, 2.05) is 25.1 Å². The second kappa shape index (κ2) is 10.3. The molecule has 0 saturated carbocycles. The second-order valence-corrected chi connectivity index (χ2v) is 6.06. The topological polar surface area (TPSA) is 63.0 Å². The van der Waals surface area contributed by atoms with Gasteiger partial charge in [-0.15, -0.1) is 4.91 Å². The Kier molecular flexibility index (Phi) is 7.82. The number of nitroso groups, excluding NO2 is 1. The Bertz CT molecular complexity index is 827. The minimum atomic E-state index is -0.175. The summed E-state index contributed by atoms with van der Waals surface area (Å²) in [5.74, 6) is 0.333. The normalized spacial score (nSPS) is 12.1. The highest BCUT2D eigenvalue weighted by Gasteiger charge is 2.05. The van der Waals surface area contributed by atoms with Gasteiger partial charge in [0.15, 0.2) is 5.90 Å². The summed E-state index contributed by atoms with van der Waals surface area (Å²) in [4.78, 5) is 15.2. The number of rotatable bonds is 8. The van der Waals surface area contributed by atoms with Crippen LogP contribution in [0.1, 0.15) is 23.6 Å². The van der Waals surface area contributed by atoms with Crippen LogP contribution in [0.5, 0.6) is 0 Å². The molecule has 142 valence electrons. The lowest BCUT2D eigenvalue weighted by Crippen LogP contribution is -2.18. The van der Waals surface area contributed by atoms with Crippen LogP contribution < -0.4 is 5.32 Å². The molecular weight excluding hydrogens is 345 g/mol. The van der Waals surface area contributed by atoms with Crippen molar-refractivity contribution in [3.05, 3.63) is 76.0 Å². The van der Waals surface area contributed by atoms with Gasteiger partial charge in [0, 0.05) is 19.0 Å². The molecule has 0 saturated heterocycles. The van der Waals surface area contributed by atoms with E-state index in [0.29, 0.717) is 36.8 Å². The molecule has 0 heterocycles. The molecule has 27 heavy (non-hydrogen) atoms. The third-order valence-electron chi connectivity index (χ3n) is 4.17. The van der Waals surface area contributed by atoms with Crippen LogP contribution in [0.3, 0.4) is 0 Å². The van der Waals surface area contributed by atoms with Crippen LogP contribution in [0.25, 0.3) is 5.70 Å². The number of nitrogens with one attached hydrogen (secondary N) is 1. The lowest BCUT2D eigenvalue weighted by Gasteiger charge is -2.08. The first-order valence-electron chi connectivity index (χ1n) is 8.73. The van der Waals surface area contributed by atoms with Crippen molar-refractivity contribution < 1.29 is 9.13 Å². The molecule has 0 bridgehead atoms. The Labute approximate surface area is 159 Å². The Morgan fingerprint density at radius 2 is 2.04 bits per heavy atom. The van der Waals surface area contributed by atoms with Gasteiger partial charge >= 0.3 is 0 Å². The zero-order valence-corrected chi connectivity index (χ0v) is 15.8. The number of aryl methyl sites for hydroxylation is 1. The second-order valence-electron chi connectivity index (χ2n) is 6.06. The molecule has 0 atom stereocenters. The first-order chi connectivity index (χ1) is 13.0. The number of hydrogen-bond acceptors (Lipinski definition) is 5. The maximum Gasteiger partial charge on any atom is 0.184 e. The zero-order chi connectivity index (χ0) is 19.6. The van der Waals surface area contributed by atoms with Gasteiger partial charge in [-0.2, -0.15) is 0 Å². The van der Waals surface area contributed by atoms with Gasteiger partial charge in [-0.1, -0.05) is 24.3 Å². The summed E-state index contributed by atoms with van der Waals surface area (Å²) in [6.07, 6.45) is 2.51. The Morgan fingerprint density at radius 3 is 2.74 bits per heavy atom. The maximum atomic E-state index is 13.9. The molecule has 0 aromatic heterocycles. The minimum Gasteiger partial charge on any atom is -0.484 e. The minimum absolute atomic E-state index is 0.175. The summed E-state index contributed by atoms with van der Waals surface area (Å²) in [6, 6.07) is 12.0. The van der Waals surface area contributed by atoms with Gasteiger partial charge in [-0.3, -0.25) is 0 Å². The van der Waals surface area contributed by atoms with Gasteiger partial charge in [0.05, 0.1) is 12.8 Å². The van der Waals surface area contributed by atoms with Crippen LogP contribution in [0.4, 0.5) is 10.1 Å². The van der Waals surface area contributed by atoms with E-state index < -0.39 is 0 Å². The molecule has 0 aliphatic heterocycles. The van der Waals surface area contributed by atoms with Gasteiger partial charge in [-0.05, 0) is 60.5 Å². The van der Waals surface area contributed by atoms with E-state index in [9.17, 15) is 9.30 Å². The van der Waals surface area contributed by atoms with E-state index in [2.05, 4.69) is 15.5 Å². The van der Waals surface area contributed by atoms with Crippen LogP contribution in [-0.2, 0) is 11.2 Å². The monoisotopic (exact) mass is 369 g/mol. The number of ether oxygens (including phenoxy) is 1. The largest absolute Gasteiger partial charge is 0.484 e. The van der Waals surface area contributed by atoms with Gasteiger partial charge in [0.1, 0.15) is 11.5 Å². The standard InChI is InChI=1S/C21H24FN3O2/c1-15-6-4-9-20(22)19(15)10-12-23-13-11-21(24-16(2)27-3)17-7-5-8-18(14-17)25-26/h4-9,11,14,23H,10,12-13H2,1-3H3/b21-11-,24-16?. The summed E-state index contributed by atoms with van der Waals surface area (Å²) < 4.78 is 19.0. The highest BCUT2D eigenvalue weighted by molar-refractivity contribution is 5.82. The third-order valence-corrected chi connectivity index (χ3v) is 4.17. The van der Waals surface area contributed by atoms with Crippen molar-refractivity contribution in [3.63, 3.8) is 0 Å². The van der Waals surface area contributed by atoms with Crippen molar-refractivity contribution in [2.24, 2.45) is 10.2 Å². The van der Waals surface area contributed by atoms with Crippen LogP contribution in [-0.4, -0.2) is 26.1 Å². The maximum absolute atomic E-state index is 13.9. The molecular formula is C21H24FN3O2. The van der Waals surface area contributed by atoms with Crippen molar-refractivity contribution in [1.82, 2.24) is 5.32 Å². The Balaban J connectivity index is 2.05. The van der Waals surface area contributed by atoms with E-state index in [-0.39, 0.29) is 5.82 Å². The fourth-order valence-electron chi connectivity index (χ4n) is 2.63. The van der Waals surface area contributed by atoms with Gasteiger partial charge < -0.3 is 10.1 Å². The van der Waals surface area contributed by atoms with E-state index in [4.69, 9.17) is 4.74 Å². The number of benzene rings is 2. The molecule has 2 rings (SSSR count). The van der Waals surface area contributed by atoms with E-state index in [1.165, 1.54) is 6.07 Å². The molecule has 0 amide bonds. The number of halogens is 1. The fourth-order valence-corrected chi connectivity index (χ4v) is 2.63. The number of hydrogen-bond donors (Lipinski definition) is 1. The van der Waals surface area contributed by atoms with Gasteiger partial charge in [-0.25, -0.2) is 9.38 Å². The average molecular weight is 369 g/mol. The number of aliphatic imine (C=N–C) groups is 1. The fraction of sp³-hybridized carbons (Fsp3) is 0.286. The summed E-state index contributed by atoms with van der Waals surface area (Å²) >= 11 is 0. The van der Waals surface area contributed by atoms with E-state index in [1.54, 1.807) is 38.3 Å². The molecule has 0 aliphatic rings. The first kappa shape index (κ1) is 20.5. The third kappa shape index (κ3) is 6.11. The average Bonchev–Trinajstić information content (AvgIpc) is 2.68. The highest BCUT2D eigenvalue weighted by Crippen LogP contribution is 2.21. The van der Waals surface area contributed by atoms with E-state index in [0.717, 1.165) is 16.7 Å². The lowest BCUT2D eigenvalue weighted by atomic mass is 10.1. The van der Waals surface area contributed by atoms with Crippen LogP contribution >= 0.6 is 0 Å². The smallest absolute Gasteiger partial charge is 0.184 e. The van der Waals surface area contributed by atoms with Gasteiger partial charge in [0.25, 0.3) is 0 Å². The summed E-state index contributed by atoms with van der Waals surface area (Å²) in [7, 11) is 1.55. The molecule has 0 radical (unpaired) electrons. The summed E-state index contributed by atoms with van der Waals surface area (Å²) in [5.41, 5.74) is 3.47. The first-order valence-corrected chi connectivity index (χ1v) is 8.73. The van der Waals surface area contributed by atoms with Crippen molar-refractivity contribution >= 4 is 17.3 Å². The quantitative estimate of drug-likeness (QED) is 0.315. The molecule has 6 heteroatoms. The molecule has 2 aromatic carbocycles. The van der Waals surface area contributed by atoms with Crippen LogP contribution in [0, 0.1) is 17.6 Å². The number of nitrogens with zero attached hydrogens (tertiary/aromatic N) is 2. The number of methoxy groups -OCH3 is 1. The predicted molar refractivity (Wildman–Crippen MR) is 108 cm³/mol. The molecule has 0 fully saturated rings. The van der Waals surface area contributed by atoms with Crippen LogP contribution in [0.2, 0.25) is 0 Å². The summed E-state index contributed by atoms with van der Waals surface area (Å²) in [6.45, 7) is 4.84. The molecule has 5 nitrogen and oxygen atoms in total. The van der Waals surface area contributed by atoms with Crippen molar-refractivity contribution in [3.8, 4) is 0 Å². The van der Waals surface area contributed by atoms with Crippen molar-refractivity contribution in [1.29, 1.82) is 0 Å². The summed E-state index contributed by atoms with van der Waals surface area (Å²) in [5, 5.41) is 6.23. The molecule has 0 aliphatic carbocycles. The molecule has 0 spiro atoms. The predicted octanol–water partition coefficient (Wildman–Crippen LogP) is 4.77. The highest BCUT2D eigenvalue weighted by atomic mass is 19.1. The van der Waals surface area contributed by atoms with Crippen molar-refractivity contribution in [2.45, 2.75) is 20.3 Å². The molecule has 0 unspecified atom stereocenters. The SMILES string of the molecule is COC(C)=N/C(=C\CNCCc1c(C)cccc1F)c1cccc(N=O)c1. The molecule has 2 aromatic rings. The van der Waals surface area contributed by atoms with Crippen LogP contribution in [0.15, 0.2) is 58.7 Å². The van der Waals surface area contributed by atoms with Gasteiger partial charge in [0.2, 0.25) is 0 Å². The Hall–Kier alpha value is -2.86.